The zero-order chi connectivity index (χ0) is 20.5. The Morgan fingerprint density at radius 3 is 1.25 bits per heavy atom. The van der Waals surface area contributed by atoms with Crippen molar-refractivity contribution in [2.75, 3.05) is 13.1 Å². The minimum Gasteiger partial charge on any atom is -0.352 e. The lowest BCUT2D eigenvalue weighted by molar-refractivity contribution is 0.0941. The topological polar surface area (TPSA) is 58.2 Å². The van der Waals surface area contributed by atoms with Crippen molar-refractivity contribution in [2.45, 2.75) is 90.9 Å². The average Bonchev–Trinajstić information content (AvgIpc) is 2.72. The predicted molar refractivity (Wildman–Crippen MR) is 118 cm³/mol. The molecule has 0 aromatic heterocycles. The van der Waals surface area contributed by atoms with Crippen LogP contribution in [0.4, 0.5) is 0 Å². The molecule has 2 N–H and O–H groups in total. The van der Waals surface area contributed by atoms with E-state index in [2.05, 4.69) is 24.5 Å². The second-order valence-electron chi connectivity index (χ2n) is 7.62. The molecule has 0 bridgehead atoms. The Morgan fingerprint density at radius 2 is 0.893 bits per heavy atom. The van der Waals surface area contributed by atoms with Crippen LogP contribution in [0, 0.1) is 0 Å². The summed E-state index contributed by atoms with van der Waals surface area (Å²) in [6.07, 6.45) is 14.5. The highest BCUT2D eigenvalue weighted by molar-refractivity contribution is 5.97. The first-order valence-corrected chi connectivity index (χ1v) is 11.4. The molecule has 0 aliphatic heterocycles. The molecule has 0 heterocycles. The van der Waals surface area contributed by atoms with Crippen LogP contribution in [-0.4, -0.2) is 24.9 Å². The van der Waals surface area contributed by atoms with Crippen molar-refractivity contribution in [3.63, 3.8) is 0 Å². The van der Waals surface area contributed by atoms with Gasteiger partial charge in [0, 0.05) is 24.2 Å². The van der Waals surface area contributed by atoms with Gasteiger partial charge >= 0.3 is 0 Å². The molecule has 0 fully saturated rings. The summed E-state index contributed by atoms with van der Waals surface area (Å²) in [5, 5.41) is 5.92. The van der Waals surface area contributed by atoms with E-state index in [0.29, 0.717) is 24.2 Å². The number of carbonyl (C=O) groups is 2. The van der Waals surface area contributed by atoms with Gasteiger partial charge in [-0.1, -0.05) is 78.1 Å². The van der Waals surface area contributed by atoms with Crippen LogP contribution >= 0.6 is 0 Å². The minimum absolute atomic E-state index is 0.0624. The molecule has 1 aromatic rings. The lowest BCUT2D eigenvalue weighted by Crippen LogP contribution is -2.26. The Morgan fingerprint density at radius 1 is 0.571 bits per heavy atom. The van der Waals surface area contributed by atoms with E-state index in [-0.39, 0.29) is 11.8 Å². The zero-order valence-corrected chi connectivity index (χ0v) is 18.0. The van der Waals surface area contributed by atoms with Crippen molar-refractivity contribution < 1.29 is 9.59 Å². The minimum atomic E-state index is -0.0624. The standard InChI is InChI=1S/C24H40N2O2/c1-3-5-7-9-11-13-19-25-23(27)21-15-17-22(18-16-21)24(28)26-20-14-12-10-8-6-4-2/h15-18H,3-14,19-20H2,1-2H3,(H,25,27)(H,26,28). The van der Waals surface area contributed by atoms with Crippen molar-refractivity contribution >= 4 is 11.8 Å². The fourth-order valence-electron chi connectivity index (χ4n) is 3.19. The van der Waals surface area contributed by atoms with Crippen LogP contribution in [0.5, 0.6) is 0 Å². The fraction of sp³-hybridized carbons (Fsp3) is 0.667. The van der Waals surface area contributed by atoms with E-state index >= 15 is 0 Å². The number of hydrogen-bond donors (Lipinski definition) is 2. The smallest absolute Gasteiger partial charge is 0.251 e. The molecule has 0 radical (unpaired) electrons. The Bertz CT molecular complexity index is 491. The second kappa shape index (κ2) is 16.1. The van der Waals surface area contributed by atoms with Gasteiger partial charge in [0.15, 0.2) is 0 Å². The molecule has 0 aliphatic carbocycles. The van der Waals surface area contributed by atoms with E-state index in [0.717, 1.165) is 25.7 Å². The van der Waals surface area contributed by atoms with Crippen LogP contribution in [0.15, 0.2) is 24.3 Å². The fourth-order valence-corrected chi connectivity index (χ4v) is 3.19. The Hall–Kier alpha value is -1.84. The van der Waals surface area contributed by atoms with Crippen molar-refractivity contribution in [1.29, 1.82) is 0 Å². The van der Waals surface area contributed by atoms with Crippen molar-refractivity contribution in [3.8, 4) is 0 Å². The molecule has 0 saturated carbocycles. The van der Waals surface area contributed by atoms with Gasteiger partial charge in [0.25, 0.3) is 11.8 Å². The molecule has 28 heavy (non-hydrogen) atoms. The summed E-state index contributed by atoms with van der Waals surface area (Å²) in [7, 11) is 0. The number of hydrogen-bond acceptors (Lipinski definition) is 2. The molecule has 4 nitrogen and oxygen atoms in total. The van der Waals surface area contributed by atoms with Crippen molar-refractivity contribution in [1.82, 2.24) is 10.6 Å². The monoisotopic (exact) mass is 388 g/mol. The van der Waals surface area contributed by atoms with Gasteiger partial charge in [-0.25, -0.2) is 0 Å². The van der Waals surface area contributed by atoms with Crippen LogP contribution in [0.3, 0.4) is 0 Å². The van der Waals surface area contributed by atoms with E-state index in [9.17, 15) is 9.59 Å². The molecule has 1 aromatic carbocycles. The molecule has 1 rings (SSSR count). The number of nitrogens with one attached hydrogen (secondary N) is 2. The zero-order valence-electron chi connectivity index (χ0n) is 18.0. The van der Waals surface area contributed by atoms with E-state index < -0.39 is 0 Å². The van der Waals surface area contributed by atoms with E-state index in [1.54, 1.807) is 24.3 Å². The predicted octanol–water partition coefficient (Wildman–Crippen LogP) is 5.87. The van der Waals surface area contributed by atoms with Crippen LogP contribution in [0.1, 0.15) is 112 Å². The summed E-state index contributed by atoms with van der Waals surface area (Å²) in [4.78, 5) is 24.3. The molecule has 0 atom stereocenters. The normalized spacial score (nSPS) is 10.6. The maximum atomic E-state index is 12.2. The molecule has 158 valence electrons. The van der Waals surface area contributed by atoms with Gasteiger partial charge in [-0.05, 0) is 37.1 Å². The van der Waals surface area contributed by atoms with Gasteiger partial charge < -0.3 is 10.6 Å². The van der Waals surface area contributed by atoms with Crippen LogP contribution in [0.25, 0.3) is 0 Å². The lowest BCUT2D eigenvalue weighted by Gasteiger charge is -2.07. The summed E-state index contributed by atoms with van der Waals surface area (Å²) in [6, 6.07) is 6.93. The maximum absolute atomic E-state index is 12.2. The van der Waals surface area contributed by atoms with E-state index in [1.807, 2.05) is 0 Å². The first kappa shape index (κ1) is 24.2. The average molecular weight is 389 g/mol. The summed E-state index contributed by atoms with van der Waals surface area (Å²) < 4.78 is 0. The Labute approximate surface area is 171 Å². The number of rotatable bonds is 16. The molecule has 0 saturated heterocycles. The SMILES string of the molecule is CCCCCCCCNC(=O)c1ccc(C(=O)NCCCCCCCC)cc1. The second-order valence-corrected chi connectivity index (χ2v) is 7.62. The van der Waals surface area contributed by atoms with Gasteiger partial charge in [-0.3, -0.25) is 9.59 Å². The summed E-state index contributed by atoms with van der Waals surface area (Å²) in [6.45, 7) is 5.85. The molecule has 2 amide bonds. The van der Waals surface area contributed by atoms with Crippen LogP contribution in [0.2, 0.25) is 0 Å². The highest BCUT2D eigenvalue weighted by atomic mass is 16.2. The van der Waals surface area contributed by atoms with Gasteiger partial charge in [0.05, 0.1) is 0 Å². The number of unbranched alkanes of at least 4 members (excludes halogenated alkanes) is 10. The van der Waals surface area contributed by atoms with Crippen LogP contribution in [-0.2, 0) is 0 Å². The van der Waals surface area contributed by atoms with Crippen molar-refractivity contribution in [3.05, 3.63) is 35.4 Å². The summed E-state index contributed by atoms with van der Waals surface area (Å²) >= 11 is 0. The molecular weight excluding hydrogens is 348 g/mol. The largest absolute Gasteiger partial charge is 0.352 e. The van der Waals surface area contributed by atoms with Gasteiger partial charge in [-0.15, -0.1) is 0 Å². The van der Waals surface area contributed by atoms with Gasteiger partial charge in [-0.2, -0.15) is 0 Å². The molecule has 0 unspecified atom stereocenters. The first-order chi connectivity index (χ1) is 13.7. The highest BCUT2D eigenvalue weighted by Crippen LogP contribution is 2.07. The van der Waals surface area contributed by atoms with Crippen LogP contribution < -0.4 is 10.6 Å². The van der Waals surface area contributed by atoms with Gasteiger partial charge in [0.2, 0.25) is 0 Å². The number of carbonyl (C=O) groups excluding carboxylic acids is 2. The molecular formula is C24H40N2O2. The Kier molecular flexibility index (Phi) is 14.0. The summed E-state index contributed by atoms with van der Waals surface area (Å²) in [5.41, 5.74) is 1.22. The van der Waals surface area contributed by atoms with E-state index in [4.69, 9.17) is 0 Å². The molecule has 0 aliphatic rings. The molecule has 0 spiro atoms. The summed E-state index contributed by atoms with van der Waals surface area (Å²) in [5.74, 6) is -0.125. The number of benzene rings is 1. The quantitative estimate of drug-likeness (QED) is 0.348. The number of amides is 2. The lowest BCUT2D eigenvalue weighted by atomic mass is 10.1. The maximum Gasteiger partial charge on any atom is 0.251 e. The third kappa shape index (κ3) is 11.1. The van der Waals surface area contributed by atoms with E-state index in [1.165, 1.54) is 51.4 Å². The first-order valence-electron chi connectivity index (χ1n) is 11.4. The van der Waals surface area contributed by atoms with Crippen molar-refractivity contribution in [2.24, 2.45) is 0 Å². The molecule has 4 heteroatoms. The van der Waals surface area contributed by atoms with Gasteiger partial charge in [0.1, 0.15) is 0 Å². The Balaban J connectivity index is 2.20. The third-order valence-electron chi connectivity index (χ3n) is 5.04. The third-order valence-corrected chi connectivity index (χ3v) is 5.04. The highest BCUT2D eigenvalue weighted by Gasteiger charge is 2.08.